The van der Waals surface area contributed by atoms with Gasteiger partial charge in [0.2, 0.25) is 0 Å². The van der Waals surface area contributed by atoms with Crippen molar-refractivity contribution in [3.8, 4) is 0 Å². The van der Waals surface area contributed by atoms with Crippen molar-refractivity contribution in [2.45, 2.75) is 51.0 Å². The van der Waals surface area contributed by atoms with E-state index in [4.69, 9.17) is 0 Å². The average molecular weight is 209 g/mol. The Morgan fingerprint density at radius 2 is 2.00 bits per heavy atom. The van der Waals surface area contributed by atoms with Crippen molar-refractivity contribution < 1.29 is 5.11 Å². The third-order valence-electron chi connectivity index (χ3n) is 4.66. The normalized spacial score (nSPS) is 44.0. The van der Waals surface area contributed by atoms with Gasteiger partial charge in [0, 0.05) is 19.6 Å². The largest absolute Gasteiger partial charge is 0.389 e. The van der Waals surface area contributed by atoms with Gasteiger partial charge in [0.25, 0.3) is 0 Å². The fourth-order valence-corrected chi connectivity index (χ4v) is 3.70. The molecule has 2 aliphatic carbocycles. The van der Waals surface area contributed by atoms with Gasteiger partial charge in [0.15, 0.2) is 0 Å². The zero-order chi connectivity index (χ0) is 10.5. The minimum atomic E-state index is -0.353. The zero-order valence-electron chi connectivity index (χ0n) is 9.84. The molecular weight excluding hydrogens is 186 g/mol. The van der Waals surface area contributed by atoms with E-state index in [0.29, 0.717) is 0 Å². The minimum Gasteiger partial charge on any atom is -0.389 e. The molecule has 0 bridgehead atoms. The molecule has 1 heterocycles. The summed E-state index contributed by atoms with van der Waals surface area (Å²) in [5.41, 5.74) is 0.380. The van der Waals surface area contributed by atoms with E-state index in [9.17, 15) is 5.11 Å². The highest BCUT2D eigenvalue weighted by molar-refractivity contribution is 5.06. The molecule has 2 nitrogen and oxygen atoms in total. The van der Waals surface area contributed by atoms with Crippen molar-refractivity contribution in [3.05, 3.63) is 0 Å². The molecule has 0 aromatic heterocycles. The SMILES string of the molecule is CC1CCCC(O)(CN2CC3(CC3)C2)C1. The Bertz CT molecular complexity index is 253. The first-order valence-corrected chi connectivity index (χ1v) is 6.54. The molecule has 1 N–H and O–H groups in total. The minimum absolute atomic E-state index is 0.353. The van der Waals surface area contributed by atoms with Crippen molar-refractivity contribution in [3.63, 3.8) is 0 Å². The van der Waals surface area contributed by atoms with Crippen molar-refractivity contribution in [1.29, 1.82) is 0 Å². The number of hydrogen-bond donors (Lipinski definition) is 1. The maximum Gasteiger partial charge on any atom is 0.0776 e. The van der Waals surface area contributed by atoms with Crippen LogP contribution >= 0.6 is 0 Å². The molecule has 0 amide bonds. The van der Waals surface area contributed by atoms with Gasteiger partial charge < -0.3 is 5.11 Å². The summed E-state index contributed by atoms with van der Waals surface area (Å²) in [5, 5.41) is 10.5. The van der Waals surface area contributed by atoms with Crippen LogP contribution in [0.2, 0.25) is 0 Å². The highest BCUT2D eigenvalue weighted by Gasteiger charge is 2.53. The number of likely N-dealkylation sites (tertiary alicyclic amines) is 1. The standard InChI is InChI=1S/C13H23NO/c1-11-3-2-4-13(15,7-11)10-14-8-12(9-14)5-6-12/h11,15H,2-10H2,1H3. The van der Waals surface area contributed by atoms with E-state index in [1.807, 2.05) is 0 Å². The van der Waals surface area contributed by atoms with Crippen LogP contribution in [0.3, 0.4) is 0 Å². The first kappa shape index (κ1) is 10.1. The molecule has 1 spiro atoms. The molecule has 2 saturated carbocycles. The third kappa shape index (κ3) is 1.94. The molecule has 2 unspecified atom stereocenters. The second-order valence-electron chi connectivity index (χ2n) is 6.57. The van der Waals surface area contributed by atoms with E-state index >= 15 is 0 Å². The molecule has 2 heteroatoms. The van der Waals surface area contributed by atoms with Crippen LogP contribution < -0.4 is 0 Å². The Kier molecular flexibility index (Phi) is 2.16. The lowest BCUT2D eigenvalue weighted by atomic mass is 9.78. The average Bonchev–Trinajstić information content (AvgIpc) is 2.82. The summed E-state index contributed by atoms with van der Waals surface area (Å²) in [7, 11) is 0. The summed E-state index contributed by atoms with van der Waals surface area (Å²) in [6.07, 6.45) is 7.47. The maximum atomic E-state index is 10.5. The van der Waals surface area contributed by atoms with Crippen LogP contribution in [0, 0.1) is 11.3 Å². The van der Waals surface area contributed by atoms with Gasteiger partial charge in [-0.25, -0.2) is 0 Å². The zero-order valence-corrected chi connectivity index (χ0v) is 9.84. The van der Waals surface area contributed by atoms with E-state index in [-0.39, 0.29) is 5.60 Å². The molecule has 86 valence electrons. The van der Waals surface area contributed by atoms with Crippen LogP contribution in [-0.4, -0.2) is 35.2 Å². The molecule has 1 aliphatic heterocycles. The third-order valence-corrected chi connectivity index (χ3v) is 4.66. The second-order valence-corrected chi connectivity index (χ2v) is 6.57. The van der Waals surface area contributed by atoms with Gasteiger partial charge in [-0.3, -0.25) is 4.90 Å². The van der Waals surface area contributed by atoms with E-state index in [1.165, 1.54) is 38.8 Å². The van der Waals surface area contributed by atoms with Crippen LogP contribution in [0.25, 0.3) is 0 Å². The number of nitrogens with zero attached hydrogens (tertiary/aromatic N) is 1. The summed E-state index contributed by atoms with van der Waals surface area (Å²) < 4.78 is 0. The predicted molar refractivity (Wildman–Crippen MR) is 60.7 cm³/mol. The van der Waals surface area contributed by atoms with Crippen LogP contribution in [0.5, 0.6) is 0 Å². The highest BCUT2D eigenvalue weighted by Crippen LogP contribution is 2.53. The summed E-state index contributed by atoms with van der Waals surface area (Å²) in [6, 6.07) is 0. The molecule has 3 aliphatic rings. The van der Waals surface area contributed by atoms with Gasteiger partial charge in [0.05, 0.1) is 5.60 Å². The first-order chi connectivity index (χ1) is 7.09. The lowest BCUT2D eigenvalue weighted by Gasteiger charge is -2.46. The first-order valence-electron chi connectivity index (χ1n) is 6.54. The monoisotopic (exact) mass is 209 g/mol. The Balaban J connectivity index is 1.52. The summed E-state index contributed by atoms with van der Waals surface area (Å²) in [5.74, 6) is 0.722. The second kappa shape index (κ2) is 3.21. The van der Waals surface area contributed by atoms with Gasteiger partial charge in [-0.2, -0.15) is 0 Å². The van der Waals surface area contributed by atoms with E-state index < -0.39 is 0 Å². The van der Waals surface area contributed by atoms with Crippen LogP contribution in [0.15, 0.2) is 0 Å². The van der Waals surface area contributed by atoms with Gasteiger partial charge in [-0.1, -0.05) is 19.8 Å². The molecule has 1 saturated heterocycles. The smallest absolute Gasteiger partial charge is 0.0776 e. The maximum absolute atomic E-state index is 10.5. The number of aliphatic hydroxyl groups is 1. The fraction of sp³-hybridized carbons (Fsp3) is 1.00. The lowest BCUT2D eigenvalue weighted by Crippen LogP contribution is -2.55. The van der Waals surface area contributed by atoms with E-state index in [0.717, 1.165) is 30.7 Å². The Morgan fingerprint density at radius 3 is 2.60 bits per heavy atom. The van der Waals surface area contributed by atoms with Crippen molar-refractivity contribution in [2.24, 2.45) is 11.3 Å². The quantitative estimate of drug-likeness (QED) is 0.752. The van der Waals surface area contributed by atoms with Gasteiger partial charge in [-0.15, -0.1) is 0 Å². The molecule has 0 aromatic rings. The molecule has 0 aromatic carbocycles. The predicted octanol–water partition coefficient (Wildman–Crippen LogP) is 2.02. The van der Waals surface area contributed by atoms with Gasteiger partial charge in [-0.05, 0) is 37.0 Å². The number of hydrogen-bond acceptors (Lipinski definition) is 2. The van der Waals surface area contributed by atoms with E-state index in [2.05, 4.69) is 11.8 Å². The highest BCUT2D eigenvalue weighted by atomic mass is 16.3. The van der Waals surface area contributed by atoms with Crippen LogP contribution in [0.4, 0.5) is 0 Å². The molecule has 15 heavy (non-hydrogen) atoms. The Morgan fingerprint density at radius 1 is 1.27 bits per heavy atom. The van der Waals surface area contributed by atoms with Crippen LogP contribution in [0.1, 0.15) is 45.4 Å². The summed E-state index contributed by atoms with van der Waals surface area (Å²) in [6.45, 7) is 5.76. The van der Waals surface area contributed by atoms with Crippen molar-refractivity contribution in [2.75, 3.05) is 19.6 Å². The molecule has 2 atom stereocenters. The van der Waals surface area contributed by atoms with E-state index in [1.54, 1.807) is 0 Å². The molecule has 3 fully saturated rings. The lowest BCUT2D eigenvalue weighted by molar-refractivity contribution is -0.0679. The summed E-state index contributed by atoms with van der Waals surface area (Å²) in [4.78, 5) is 2.48. The fourth-order valence-electron chi connectivity index (χ4n) is 3.70. The molecule has 0 radical (unpaired) electrons. The van der Waals surface area contributed by atoms with Gasteiger partial charge in [0.1, 0.15) is 0 Å². The Hall–Kier alpha value is -0.0800. The number of β-amino-alcohol motifs (C(OH)–C–C–N with tert-alkyl or cyclic N) is 1. The van der Waals surface area contributed by atoms with Gasteiger partial charge >= 0.3 is 0 Å². The molecule has 3 rings (SSSR count). The molecular formula is C13H23NO. The summed E-state index contributed by atoms with van der Waals surface area (Å²) >= 11 is 0. The van der Waals surface area contributed by atoms with Crippen LogP contribution in [-0.2, 0) is 0 Å². The topological polar surface area (TPSA) is 23.5 Å². The number of rotatable bonds is 2. The van der Waals surface area contributed by atoms with Crippen molar-refractivity contribution in [1.82, 2.24) is 4.90 Å². The Labute approximate surface area is 92.7 Å². The van der Waals surface area contributed by atoms with Crippen molar-refractivity contribution >= 4 is 0 Å².